The zero-order valence-corrected chi connectivity index (χ0v) is 13.5. The number of aliphatic hydroxyl groups excluding tert-OH is 1. The Kier molecular flexibility index (Phi) is 6.32. The number of benzene rings is 2. The van der Waals surface area contributed by atoms with Gasteiger partial charge in [-0.2, -0.15) is 0 Å². The molecule has 0 saturated carbocycles. The monoisotopic (exact) mass is 312 g/mol. The molecule has 0 heterocycles. The third kappa shape index (κ3) is 5.20. The molecule has 0 saturated heterocycles. The number of amides is 1. The summed E-state index contributed by atoms with van der Waals surface area (Å²) in [4.78, 5) is 13.6. The van der Waals surface area contributed by atoms with Gasteiger partial charge in [-0.3, -0.25) is 9.69 Å². The molecule has 0 aliphatic heterocycles. The molecular weight excluding hydrogens is 288 g/mol. The minimum atomic E-state index is -0.412. The zero-order chi connectivity index (χ0) is 16.7. The van der Waals surface area contributed by atoms with Gasteiger partial charge in [0.1, 0.15) is 0 Å². The Balaban J connectivity index is 2.16. The fourth-order valence-electron chi connectivity index (χ4n) is 2.61. The molecule has 1 atom stereocenters. The van der Waals surface area contributed by atoms with E-state index in [4.69, 9.17) is 5.73 Å². The SMILES string of the molecule is CC(CCO)N(Cc1ccccc1)Cc1cccc(C(N)=O)c1. The second-order valence-corrected chi connectivity index (χ2v) is 5.82. The highest BCUT2D eigenvalue weighted by molar-refractivity contribution is 5.92. The number of carbonyl (C=O) groups excluding carboxylic acids is 1. The first-order chi connectivity index (χ1) is 11.1. The van der Waals surface area contributed by atoms with E-state index in [0.717, 1.165) is 12.1 Å². The number of primary amides is 1. The number of hydrogen-bond donors (Lipinski definition) is 2. The fraction of sp³-hybridized carbons (Fsp3) is 0.316. The van der Waals surface area contributed by atoms with E-state index in [0.29, 0.717) is 18.5 Å². The largest absolute Gasteiger partial charge is 0.396 e. The van der Waals surface area contributed by atoms with Crippen molar-refractivity contribution < 1.29 is 9.90 Å². The number of nitrogens with two attached hydrogens (primary N) is 1. The summed E-state index contributed by atoms with van der Waals surface area (Å²) >= 11 is 0. The van der Waals surface area contributed by atoms with Gasteiger partial charge in [0.15, 0.2) is 0 Å². The van der Waals surface area contributed by atoms with Crippen LogP contribution in [-0.2, 0) is 13.1 Å². The minimum Gasteiger partial charge on any atom is -0.396 e. The molecule has 0 aliphatic carbocycles. The second kappa shape index (κ2) is 8.46. The summed E-state index contributed by atoms with van der Waals surface area (Å²) in [7, 11) is 0. The van der Waals surface area contributed by atoms with Crippen LogP contribution in [0.5, 0.6) is 0 Å². The Hall–Kier alpha value is -2.17. The molecule has 4 nitrogen and oxygen atoms in total. The molecule has 0 fully saturated rings. The first kappa shape index (κ1) is 17.2. The lowest BCUT2D eigenvalue weighted by Gasteiger charge is -2.29. The van der Waals surface area contributed by atoms with E-state index in [-0.39, 0.29) is 12.6 Å². The molecule has 23 heavy (non-hydrogen) atoms. The summed E-state index contributed by atoms with van der Waals surface area (Å²) in [5, 5.41) is 9.25. The Morgan fingerprint density at radius 3 is 2.39 bits per heavy atom. The van der Waals surface area contributed by atoms with Crippen LogP contribution < -0.4 is 5.73 Å². The summed E-state index contributed by atoms with van der Waals surface area (Å²) in [6, 6.07) is 17.9. The molecular formula is C19H24N2O2. The van der Waals surface area contributed by atoms with Crippen LogP contribution in [0.15, 0.2) is 54.6 Å². The number of nitrogens with zero attached hydrogens (tertiary/aromatic N) is 1. The Bertz CT molecular complexity index is 628. The Morgan fingerprint density at radius 2 is 1.74 bits per heavy atom. The standard InChI is InChI=1S/C19H24N2O2/c1-15(10-11-22)21(13-16-6-3-2-4-7-16)14-17-8-5-9-18(12-17)19(20)23/h2-9,12,15,22H,10-11,13-14H2,1H3,(H2,20,23). The third-order valence-electron chi connectivity index (χ3n) is 4.00. The van der Waals surface area contributed by atoms with Crippen molar-refractivity contribution in [2.24, 2.45) is 5.73 Å². The first-order valence-electron chi connectivity index (χ1n) is 7.87. The molecule has 3 N–H and O–H groups in total. The highest BCUT2D eigenvalue weighted by Gasteiger charge is 2.15. The molecule has 0 radical (unpaired) electrons. The van der Waals surface area contributed by atoms with E-state index >= 15 is 0 Å². The van der Waals surface area contributed by atoms with Crippen LogP contribution in [0.2, 0.25) is 0 Å². The normalized spacial score (nSPS) is 12.3. The van der Waals surface area contributed by atoms with Crippen molar-refractivity contribution in [2.75, 3.05) is 6.61 Å². The lowest BCUT2D eigenvalue weighted by atomic mass is 10.1. The molecule has 0 spiro atoms. The molecule has 2 rings (SSSR count). The van der Waals surface area contributed by atoms with Gasteiger partial charge in [-0.1, -0.05) is 42.5 Å². The van der Waals surface area contributed by atoms with Crippen LogP contribution in [0, 0.1) is 0 Å². The van der Waals surface area contributed by atoms with E-state index < -0.39 is 5.91 Å². The van der Waals surface area contributed by atoms with Crippen molar-refractivity contribution in [3.63, 3.8) is 0 Å². The highest BCUT2D eigenvalue weighted by Crippen LogP contribution is 2.16. The second-order valence-electron chi connectivity index (χ2n) is 5.82. The summed E-state index contributed by atoms with van der Waals surface area (Å²) in [5.74, 6) is -0.412. The lowest BCUT2D eigenvalue weighted by molar-refractivity contribution is 0.1000. The summed E-state index contributed by atoms with van der Waals surface area (Å²) in [6.07, 6.45) is 0.711. The summed E-state index contributed by atoms with van der Waals surface area (Å²) in [6.45, 7) is 3.77. The van der Waals surface area contributed by atoms with E-state index in [1.165, 1.54) is 5.56 Å². The number of carbonyl (C=O) groups is 1. The van der Waals surface area contributed by atoms with Crippen LogP contribution in [0.1, 0.15) is 34.8 Å². The molecule has 0 bridgehead atoms. The Morgan fingerprint density at radius 1 is 1.09 bits per heavy atom. The van der Waals surface area contributed by atoms with Crippen molar-refractivity contribution in [2.45, 2.75) is 32.5 Å². The van der Waals surface area contributed by atoms with E-state index in [1.807, 2.05) is 36.4 Å². The van der Waals surface area contributed by atoms with Crippen LogP contribution in [0.25, 0.3) is 0 Å². The molecule has 2 aromatic rings. The third-order valence-corrected chi connectivity index (χ3v) is 4.00. The lowest BCUT2D eigenvalue weighted by Crippen LogP contribution is -2.33. The number of hydrogen-bond acceptors (Lipinski definition) is 3. The molecule has 0 aliphatic rings. The van der Waals surface area contributed by atoms with Crippen LogP contribution in [0.4, 0.5) is 0 Å². The predicted molar refractivity (Wildman–Crippen MR) is 91.8 cm³/mol. The van der Waals surface area contributed by atoms with Gasteiger partial charge in [-0.25, -0.2) is 0 Å². The summed E-state index contributed by atoms with van der Waals surface area (Å²) in [5.41, 5.74) is 8.15. The maximum Gasteiger partial charge on any atom is 0.248 e. The first-order valence-corrected chi connectivity index (χ1v) is 7.87. The van der Waals surface area contributed by atoms with Crippen molar-refractivity contribution >= 4 is 5.91 Å². The average Bonchev–Trinajstić information content (AvgIpc) is 2.55. The van der Waals surface area contributed by atoms with Gasteiger partial charge in [-0.05, 0) is 36.6 Å². The average molecular weight is 312 g/mol. The van der Waals surface area contributed by atoms with Crippen LogP contribution in [0.3, 0.4) is 0 Å². The Labute approximate surface area is 137 Å². The van der Waals surface area contributed by atoms with Gasteiger partial charge in [0, 0.05) is 31.3 Å². The smallest absolute Gasteiger partial charge is 0.248 e. The van der Waals surface area contributed by atoms with E-state index in [9.17, 15) is 9.90 Å². The van der Waals surface area contributed by atoms with Gasteiger partial charge in [0.05, 0.1) is 0 Å². The quantitative estimate of drug-likeness (QED) is 0.787. The van der Waals surface area contributed by atoms with E-state index in [1.54, 1.807) is 6.07 Å². The molecule has 0 aromatic heterocycles. The number of aliphatic hydroxyl groups is 1. The topological polar surface area (TPSA) is 66.6 Å². The maximum absolute atomic E-state index is 11.3. The molecule has 2 aromatic carbocycles. The van der Waals surface area contributed by atoms with Crippen molar-refractivity contribution in [3.05, 3.63) is 71.3 Å². The van der Waals surface area contributed by atoms with Crippen LogP contribution in [-0.4, -0.2) is 28.6 Å². The van der Waals surface area contributed by atoms with Crippen LogP contribution >= 0.6 is 0 Å². The highest BCUT2D eigenvalue weighted by atomic mass is 16.3. The molecule has 1 amide bonds. The van der Waals surface area contributed by atoms with Gasteiger partial charge < -0.3 is 10.8 Å². The molecule has 122 valence electrons. The van der Waals surface area contributed by atoms with Gasteiger partial charge in [0.25, 0.3) is 0 Å². The van der Waals surface area contributed by atoms with E-state index in [2.05, 4.69) is 24.0 Å². The van der Waals surface area contributed by atoms with Crippen molar-refractivity contribution in [3.8, 4) is 0 Å². The van der Waals surface area contributed by atoms with Gasteiger partial charge in [-0.15, -0.1) is 0 Å². The minimum absolute atomic E-state index is 0.160. The fourth-order valence-corrected chi connectivity index (χ4v) is 2.61. The summed E-state index contributed by atoms with van der Waals surface area (Å²) < 4.78 is 0. The number of rotatable bonds is 8. The van der Waals surface area contributed by atoms with Gasteiger partial charge >= 0.3 is 0 Å². The maximum atomic E-state index is 11.3. The van der Waals surface area contributed by atoms with Gasteiger partial charge in [0.2, 0.25) is 5.91 Å². The predicted octanol–water partition coefficient (Wildman–Crippen LogP) is 2.56. The van der Waals surface area contributed by atoms with Crippen molar-refractivity contribution in [1.29, 1.82) is 0 Å². The van der Waals surface area contributed by atoms with Crippen molar-refractivity contribution in [1.82, 2.24) is 4.90 Å². The molecule has 1 unspecified atom stereocenters. The zero-order valence-electron chi connectivity index (χ0n) is 13.5. The molecule has 4 heteroatoms.